The van der Waals surface area contributed by atoms with E-state index in [-0.39, 0.29) is 11.8 Å². The van der Waals surface area contributed by atoms with Crippen LogP contribution in [0.5, 0.6) is 11.5 Å². The van der Waals surface area contributed by atoms with Gasteiger partial charge in [-0.05, 0) is 11.1 Å². The van der Waals surface area contributed by atoms with E-state index in [1.807, 2.05) is 78.9 Å². The topological polar surface area (TPSA) is 46.6 Å². The van der Waals surface area contributed by atoms with Gasteiger partial charge in [-0.2, -0.15) is 0 Å². The second-order valence-electron chi connectivity index (χ2n) is 12.0. The molecule has 0 unspecified atom stereocenters. The Kier molecular flexibility index (Phi) is 9.20. The molecule has 4 nitrogen and oxygen atoms in total. The van der Waals surface area contributed by atoms with Gasteiger partial charge >= 0.3 is 253 Å². The molecule has 6 aromatic carbocycles. The minimum absolute atomic E-state index is 0.316. The second-order valence-corrected chi connectivity index (χ2v) is 15.8. The van der Waals surface area contributed by atoms with Crippen molar-refractivity contribution in [1.29, 1.82) is 0 Å². The molecule has 0 saturated heterocycles. The number of amides is 2. The molecule has 0 saturated carbocycles. The molecular formula is C45H36NO3P. The van der Waals surface area contributed by atoms with Crippen molar-refractivity contribution in [3.8, 4) is 22.6 Å². The minimum atomic E-state index is -2.92. The Bertz CT molecular complexity index is 2200. The van der Waals surface area contributed by atoms with Crippen LogP contribution in [0.4, 0.5) is 5.69 Å². The Morgan fingerprint density at radius 1 is 0.600 bits per heavy atom. The summed E-state index contributed by atoms with van der Waals surface area (Å²) in [6.45, 7) is 5.98. The maximum atomic E-state index is 14.1. The fourth-order valence-corrected chi connectivity index (χ4v) is 11.7. The van der Waals surface area contributed by atoms with Crippen molar-refractivity contribution in [3.63, 3.8) is 0 Å². The quantitative estimate of drug-likeness (QED) is 0.0829. The van der Waals surface area contributed by atoms with Gasteiger partial charge in [-0.15, -0.1) is 0 Å². The van der Waals surface area contributed by atoms with Crippen molar-refractivity contribution in [2.45, 2.75) is 6.92 Å². The van der Waals surface area contributed by atoms with Gasteiger partial charge in [0.2, 0.25) is 0 Å². The third kappa shape index (κ3) is 5.91. The van der Waals surface area contributed by atoms with E-state index in [1.54, 1.807) is 24.3 Å². The number of imide groups is 1. The van der Waals surface area contributed by atoms with Crippen LogP contribution < -0.4 is 25.6 Å². The van der Waals surface area contributed by atoms with E-state index in [0.29, 0.717) is 28.3 Å². The van der Waals surface area contributed by atoms with E-state index in [2.05, 4.69) is 92.4 Å². The van der Waals surface area contributed by atoms with E-state index in [9.17, 15) is 9.59 Å². The molecule has 0 bridgehead atoms. The van der Waals surface area contributed by atoms with Gasteiger partial charge in [0.25, 0.3) is 0 Å². The summed E-state index contributed by atoms with van der Waals surface area (Å²) in [6.07, 6.45) is 8.04. The van der Waals surface area contributed by atoms with Crippen LogP contribution in [0.1, 0.15) is 27.6 Å². The normalized spacial score (nSPS) is 13.4. The molecule has 1 heterocycles. The van der Waals surface area contributed by atoms with Gasteiger partial charge in [0.1, 0.15) is 0 Å². The first-order chi connectivity index (χ1) is 24.5. The number of fused-ring (bicyclic) bond motifs is 1. The van der Waals surface area contributed by atoms with Crippen LogP contribution in [0, 0.1) is 0 Å². The Morgan fingerprint density at radius 3 is 1.78 bits per heavy atom. The monoisotopic (exact) mass is 669 g/mol. The summed E-state index contributed by atoms with van der Waals surface area (Å²) < 4.78 is 6.16. The molecule has 1 aliphatic rings. The van der Waals surface area contributed by atoms with Gasteiger partial charge < -0.3 is 0 Å². The molecule has 1 aliphatic heterocycles. The van der Waals surface area contributed by atoms with Crippen molar-refractivity contribution < 1.29 is 14.3 Å². The number of benzene rings is 6. The summed E-state index contributed by atoms with van der Waals surface area (Å²) in [5, 5.41) is 4.58. The standard InChI is InChI=1S/C45H36NO3P/c1-3-5-19-38(4-2)50(39-20-11-7-12-21-39,40-22-13-8-14-23-40)41-24-15-18-35(31-41)46-44(47)42-30-29-37(32-43(42)45(46)48)49-36-27-25-34(26-28-36)33-16-9-6-10-17-33/h3-32,50H,1H2,2H3/b19-5-,38-4+. The summed E-state index contributed by atoms with van der Waals surface area (Å²) in [6, 6.07) is 51.9. The summed E-state index contributed by atoms with van der Waals surface area (Å²) in [4.78, 5) is 29.3. The van der Waals surface area contributed by atoms with Crippen LogP contribution in [-0.4, -0.2) is 11.8 Å². The van der Waals surface area contributed by atoms with Gasteiger partial charge in [0.15, 0.2) is 0 Å². The maximum absolute atomic E-state index is 14.1. The van der Waals surface area contributed by atoms with E-state index in [4.69, 9.17) is 4.74 Å². The molecule has 244 valence electrons. The average Bonchev–Trinajstić information content (AvgIpc) is 3.42. The SMILES string of the molecule is C=C/C=C\C(=C/C)[PH](c1ccccc1)(c1ccccc1)c1cccc(N2C(=O)c3ccc(Oc4ccc(-c5ccccc5)cc4)cc3C2=O)c1. The zero-order valence-electron chi connectivity index (χ0n) is 27.7. The first-order valence-corrected chi connectivity index (χ1v) is 18.6. The molecule has 6 aromatic rings. The molecule has 2 amide bonds. The number of ether oxygens (including phenoxy) is 1. The number of carbonyl (C=O) groups excluding carboxylic acids is 2. The zero-order chi connectivity index (χ0) is 34.5. The molecule has 0 N–H and O–H groups in total. The van der Waals surface area contributed by atoms with E-state index >= 15 is 0 Å². The number of hydrogen-bond acceptors (Lipinski definition) is 3. The fraction of sp³-hybridized carbons (Fsp3) is 0.0222. The number of rotatable bonds is 10. The third-order valence-electron chi connectivity index (χ3n) is 9.16. The Balaban J connectivity index is 1.26. The van der Waals surface area contributed by atoms with Crippen molar-refractivity contribution in [2.24, 2.45) is 0 Å². The summed E-state index contributed by atoms with van der Waals surface area (Å²) in [7, 11) is -2.92. The molecule has 0 aromatic heterocycles. The number of nitrogens with zero attached hydrogens (tertiary/aromatic N) is 1. The molecule has 0 aliphatic carbocycles. The average molecular weight is 670 g/mol. The van der Waals surface area contributed by atoms with E-state index in [1.165, 1.54) is 15.5 Å². The Morgan fingerprint density at radius 2 is 1.16 bits per heavy atom. The Labute approximate surface area is 293 Å². The first kappa shape index (κ1) is 32.5. The van der Waals surface area contributed by atoms with Crippen LogP contribution in [0.2, 0.25) is 0 Å². The van der Waals surface area contributed by atoms with E-state index in [0.717, 1.165) is 21.7 Å². The van der Waals surface area contributed by atoms with Gasteiger partial charge in [-0.25, -0.2) is 0 Å². The third-order valence-corrected chi connectivity index (χ3v) is 14.1. The van der Waals surface area contributed by atoms with Gasteiger partial charge in [-0.1, -0.05) is 30.3 Å². The van der Waals surface area contributed by atoms with Crippen molar-refractivity contribution >= 4 is 40.7 Å². The number of carbonyl (C=O) groups is 2. The predicted octanol–water partition coefficient (Wildman–Crippen LogP) is 9.62. The van der Waals surface area contributed by atoms with Crippen LogP contribution in [-0.2, 0) is 0 Å². The van der Waals surface area contributed by atoms with Crippen molar-refractivity contribution in [2.75, 3.05) is 4.90 Å². The summed E-state index contributed by atoms with van der Waals surface area (Å²) in [5.41, 5.74) is 3.39. The van der Waals surface area contributed by atoms with Gasteiger partial charge in [0, 0.05) is 0 Å². The van der Waals surface area contributed by atoms with Crippen LogP contribution in [0.25, 0.3) is 11.1 Å². The number of hydrogen-bond donors (Lipinski definition) is 0. The Hall–Kier alpha value is -6.09. The van der Waals surface area contributed by atoms with Crippen LogP contribution in [0.3, 0.4) is 0 Å². The predicted molar refractivity (Wildman–Crippen MR) is 209 cm³/mol. The van der Waals surface area contributed by atoms with Crippen molar-refractivity contribution in [3.05, 3.63) is 205 Å². The van der Waals surface area contributed by atoms with E-state index < -0.39 is 7.26 Å². The molecule has 0 atom stereocenters. The molecule has 0 radical (unpaired) electrons. The van der Waals surface area contributed by atoms with Crippen LogP contribution >= 0.6 is 7.26 Å². The number of anilines is 1. The van der Waals surface area contributed by atoms with Crippen LogP contribution in [0.15, 0.2) is 194 Å². The number of allylic oxidation sites excluding steroid dienone is 5. The molecular weight excluding hydrogens is 633 g/mol. The molecule has 7 rings (SSSR count). The molecule has 0 spiro atoms. The first-order valence-electron chi connectivity index (χ1n) is 16.6. The van der Waals surface area contributed by atoms with Gasteiger partial charge in [-0.3, -0.25) is 0 Å². The summed E-state index contributed by atoms with van der Waals surface area (Å²) >= 11 is 0. The summed E-state index contributed by atoms with van der Waals surface area (Å²) in [5.74, 6) is 0.389. The fourth-order valence-electron chi connectivity index (χ4n) is 6.86. The second kappa shape index (κ2) is 14.2. The van der Waals surface area contributed by atoms with Crippen molar-refractivity contribution in [1.82, 2.24) is 0 Å². The molecule has 50 heavy (non-hydrogen) atoms. The zero-order valence-corrected chi connectivity index (χ0v) is 28.7. The molecule has 0 fully saturated rings. The van der Waals surface area contributed by atoms with Gasteiger partial charge in [0.05, 0.1) is 0 Å². The molecule has 5 heteroatoms.